The lowest BCUT2D eigenvalue weighted by molar-refractivity contribution is 0.209. The molecule has 3 aromatic heterocycles. The van der Waals surface area contributed by atoms with Crippen molar-refractivity contribution in [1.29, 1.82) is 0 Å². The van der Waals surface area contributed by atoms with Crippen LogP contribution in [0.1, 0.15) is 32.3 Å². The van der Waals surface area contributed by atoms with Crippen LogP contribution in [0.25, 0.3) is 16.8 Å². The Labute approximate surface area is 199 Å². The molecule has 1 aliphatic heterocycles. The fourth-order valence-electron chi connectivity index (χ4n) is 4.51. The molecule has 0 aliphatic carbocycles. The molecule has 8 heteroatoms. The Morgan fingerprint density at radius 3 is 2.41 bits per heavy atom. The molecule has 1 aliphatic rings. The number of nitrogens with one attached hydrogen (secondary N) is 1. The Morgan fingerprint density at radius 2 is 1.76 bits per heavy atom. The Balaban J connectivity index is 1.26. The molecule has 178 valence electrons. The average molecular weight is 462 g/mol. The first-order valence-electron chi connectivity index (χ1n) is 12.0. The minimum Gasteiger partial charge on any atom is -0.492 e. The van der Waals surface area contributed by atoms with Crippen molar-refractivity contribution in [2.24, 2.45) is 0 Å². The summed E-state index contributed by atoms with van der Waals surface area (Å²) in [5, 5.41) is 3.45. The van der Waals surface area contributed by atoms with Crippen molar-refractivity contribution in [3.8, 4) is 17.2 Å². The number of pyridine rings is 1. The largest absolute Gasteiger partial charge is 0.492 e. The van der Waals surface area contributed by atoms with Gasteiger partial charge in [0.2, 0.25) is 0 Å². The minimum absolute atomic E-state index is 0.339. The lowest BCUT2D eigenvalue weighted by Crippen LogP contribution is -2.38. The predicted octanol–water partition coefficient (Wildman–Crippen LogP) is 4.89. The van der Waals surface area contributed by atoms with E-state index in [1.165, 1.54) is 5.56 Å². The van der Waals surface area contributed by atoms with Crippen LogP contribution >= 0.6 is 0 Å². The molecule has 8 nitrogen and oxygen atoms in total. The fraction of sp³-hybridized carbons (Fsp3) is 0.385. The Bertz CT molecular complexity index is 1150. The first kappa shape index (κ1) is 22.3. The summed E-state index contributed by atoms with van der Waals surface area (Å²) in [6, 6.07) is 11.1. The second kappa shape index (κ2) is 10.2. The van der Waals surface area contributed by atoms with Crippen LogP contribution in [0.15, 0.2) is 59.5 Å². The number of ether oxygens (including phenoxy) is 2. The number of hydrogen-bond donors (Lipinski definition) is 1. The molecule has 0 radical (unpaired) electrons. The van der Waals surface area contributed by atoms with E-state index in [2.05, 4.69) is 36.9 Å². The van der Waals surface area contributed by atoms with Crippen molar-refractivity contribution in [1.82, 2.24) is 19.4 Å². The monoisotopic (exact) mass is 461 g/mol. The highest BCUT2D eigenvalue weighted by molar-refractivity contribution is 5.72. The molecule has 4 aromatic rings. The van der Waals surface area contributed by atoms with Gasteiger partial charge in [0.25, 0.3) is 6.01 Å². The zero-order chi connectivity index (χ0) is 23.3. The Hall–Kier alpha value is -3.52. The van der Waals surface area contributed by atoms with Crippen LogP contribution in [0.3, 0.4) is 0 Å². The molecule has 1 saturated heterocycles. The van der Waals surface area contributed by atoms with Gasteiger partial charge in [-0.1, -0.05) is 0 Å². The summed E-state index contributed by atoms with van der Waals surface area (Å²) in [4.78, 5) is 11.1. The van der Waals surface area contributed by atoms with Gasteiger partial charge < -0.3 is 23.8 Å². The van der Waals surface area contributed by atoms with Crippen molar-refractivity contribution < 1.29 is 13.9 Å². The van der Waals surface area contributed by atoms with E-state index >= 15 is 0 Å². The lowest BCUT2D eigenvalue weighted by Gasteiger charge is -2.32. The van der Waals surface area contributed by atoms with Crippen molar-refractivity contribution >= 4 is 17.1 Å². The molecular formula is C26H31N5O3. The number of piperidine rings is 1. The highest BCUT2D eigenvalue weighted by Crippen LogP contribution is 2.35. The lowest BCUT2D eigenvalue weighted by atomic mass is 10.0. The van der Waals surface area contributed by atoms with E-state index in [9.17, 15) is 0 Å². The zero-order valence-electron chi connectivity index (χ0n) is 19.7. The Morgan fingerprint density at radius 1 is 1.06 bits per heavy atom. The number of oxazole rings is 1. The molecule has 0 saturated carbocycles. The minimum atomic E-state index is 0.339. The zero-order valence-corrected chi connectivity index (χ0v) is 19.7. The SMILES string of the molecule is CCOc1cc(CN2CCC(Nc3nc4ccncc4o3)CC2)cc(OCC)c1-n1cccc1. The van der Waals surface area contributed by atoms with Gasteiger partial charge in [-0.15, -0.1) is 0 Å². The van der Waals surface area contributed by atoms with Gasteiger partial charge in [0.05, 0.1) is 19.4 Å². The quantitative estimate of drug-likeness (QED) is 0.380. The van der Waals surface area contributed by atoms with Gasteiger partial charge in [-0.25, -0.2) is 0 Å². The summed E-state index contributed by atoms with van der Waals surface area (Å²) in [7, 11) is 0. The van der Waals surface area contributed by atoms with Gasteiger partial charge in [0, 0.05) is 44.3 Å². The third-order valence-electron chi connectivity index (χ3n) is 6.07. The normalized spacial score (nSPS) is 15.0. The highest BCUT2D eigenvalue weighted by Gasteiger charge is 2.22. The molecule has 4 heterocycles. The van der Waals surface area contributed by atoms with E-state index in [1.54, 1.807) is 12.4 Å². The van der Waals surface area contributed by atoms with Crippen LogP contribution in [-0.4, -0.2) is 51.8 Å². The number of nitrogens with zero attached hydrogens (tertiary/aromatic N) is 4. The van der Waals surface area contributed by atoms with Gasteiger partial charge in [-0.05, 0) is 62.6 Å². The van der Waals surface area contributed by atoms with E-state index in [4.69, 9.17) is 13.9 Å². The average Bonchev–Trinajstić information content (AvgIpc) is 3.50. The Kier molecular flexibility index (Phi) is 6.67. The van der Waals surface area contributed by atoms with Crippen molar-refractivity contribution in [2.75, 3.05) is 31.6 Å². The van der Waals surface area contributed by atoms with Crippen LogP contribution in [0.2, 0.25) is 0 Å². The molecule has 0 unspecified atom stereocenters. The van der Waals surface area contributed by atoms with E-state index in [0.29, 0.717) is 30.9 Å². The number of benzene rings is 1. The summed E-state index contributed by atoms with van der Waals surface area (Å²) >= 11 is 0. The van der Waals surface area contributed by atoms with Gasteiger partial charge >= 0.3 is 0 Å². The van der Waals surface area contributed by atoms with Crippen molar-refractivity contribution in [3.63, 3.8) is 0 Å². The third kappa shape index (κ3) is 4.87. The van der Waals surface area contributed by atoms with Crippen molar-refractivity contribution in [2.45, 2.75) is 39.3 Å². The van der Waals surface area contributed by atoms with Crippen LogP contribution < -0.4 is 14.8 Å². The summed E-state index contributed by atoms with van der Waals surface area (Å²) < 4.78 is 19.9. The second-order valence-electron chi connectivity index (χ2n) is 8.45. The van der Waals surface area contributed by atoms with Crippen LogP contribution in [0.5, 0.6) is 11.5 Å². The van der Waals surface area contributed by atoms with E-state index in [1.807, 2.05) is 44.4 Å². The molecule has 0 bridgehead atoms. The molecule has 1 fully saturated rings. The van der Waals surface area contributed by atoms with E-state index in [-0.39, 0.29) is 0 Å². The van der Waals surface area contributed by atoms with Crippen LogP contribution in [-0.2, 0) is 6.54 Å². The standard InChI is InChI=1S/C26H31N5O3/c1-3-32-22-15-19(16-23(33-4-2)25(22)31-11-5-6-12-31)18-30-13-8-20(9-14-30)28-26-29-21-7-10-27-17-24(21)34-26/h5-7,10-12,15-17,20H,3-4,8-9,13-14,18H2,1-2H3,(H,28,29). The topological polar surface area (TPSA) is 77.6 Å². The first-order chi connectivity index (χ1) is 16.7. The summed E-state index contributed by atoms with van der Waals surface area (Å²) in [6.07, 6.45) is 9.51. The smallest absolute Gasteiger partial charge is 0.295 e. The van der Waals surface area contributed by atoms with Crippen LogP contribution in [0, 0.1) is 0 Å². The number of anilines is 1. The number of fused-ring (bicyclic) bond motifs is 1. The molecule has 5 rings (SSSR count). The number of aromatic nitrogens is 3. The molecule has 0 amide bonds. The number of rotatable bonds is 9. The van der Waals surface area contributed by atoms with Gasteiger partial charge in [-0.3, -0.25) is 9.88 Å². The number of hydrogen-bond acceptors (Lipinski definition) is 7. The molecule has 34 heavy (non-hydrogen) atoms. The highest BCUT2D eigenvalue weighted by atomic mass is 16.5. The summed E-state index contributed by atoms with van der Waals surface area (Å²) in [5.41, 5.74) is 3.68. The van der Waals surface area contributed by atoms with E-state index < -0.39 is 0 Å². The maximum Gasteiger partial charge on any atom is 0.295 e. The van der Waals surface area contributed by atoms with Gasteiger partial charge in [0.15, 0.2) is 5.58 Å². The summed E-state index contributed by atoms with van der Waals surface area (Å²) in [5.74, 6) is 1.70. The van der Waals surface area contributed by atoms with Crippen LogP contribution in [0.4, 0.5) is 6.01 Å². The molecule has 0 spiro atoms. The van der Waals surface area contributed by atoms with E-state index in [0.717, 1.165) is 55.2 Å². The first-order valence-corrected chi connectivity index (χ1v) is 12.0. The maximum atomic E-state index is 6.03. The molecule has 0 atom stereocenters. The molecular weight excluding hydrogens is 430 g/mol. The van der Waals surface area contributed by atoms with Gasteiger partial charge in [0.1, 0.15) is 22.7 Å². The fourth-order valence-corrected chi connectivity index (χ4v) is 4.51. The number of likely N-dealkylation sites (tertiary alicyclic amines) is 1. The predicted molar refractivity (Wildman–Crippen MR) is 132 cm³/mol. The second-order valence-corrected chi connectivity index (χ2v) is 8.45. The third-order valence-corrected chi connectivity index (χ3v) is 6.07. The molecule has 1 aromatic carbocycles. The summed E-state index contributed by atoms with van der Waals surface area (Å²) in [6.45, 7) is 8.07. The van der Waals surface area contributed by atoms with Gasteiger partial charge in [-0.2, -0.15) is 4.98 Å². The van der Waals surface area contributed by atoms with Crippen molar-refractivity contribution in [3.05, 3.63) is 60.7 Å². The molecule has 1 N–H and O–H groups in total. The maximum absolute atomic E-state index is 6.03.